The van der Waals surface area contributed by atoms with Crippen LogP contribution in [-0.4, -0.2) is 41.8 Å². The summed E-state index contributed by atoms with van der Waals surface area (Å²) in [6.07, 6.45) is 1.14. The Kier molecular flexibility index (Phi) is 6.51. The summed E-state index contributed by atoms with van der Waals surface area (Å²) >= 11 is 0. The third-order valence-electron chi connectivity index (χ3n) is 3.61. The van der Waals surface area contributed by atoms with Crippen molar-refractivity contribution in [3.05, 3.63) is 65.7 Å². The number of benzene rings is 2. The number of hydrogen-bond acceptors (Lipinski definition) is 4. The zero-order chi connectivity index (χ0) is 17.4. The second-order valence-corrected chi connectivity index (χ2v) is 5.84. The molecule has 5 nitrogen and oxygen atoms in total. The molecule has 2 aromatic rings. The molecule has 5 heteroatoms. The number of phenolic OH excluding ortho intramolecular Hbond substituents is 1. The molecular formula is C19H22N2O3. The Morgan fingerprint density at radius 3 is 2.42 bits per heavy atom. The number of nitrogens with one attached hydrogen (secondary N) is 1. The first-order chi connectivity index (χ1) is 11.6. The summed E-state index contributed by atoms with van der Waals surface area (Å²) in [6.45, 7) is 0.882. The van der Waals surface area contributed by atoms with Crippen molar-refractivity contribution in [1.82, 2.24) is 10.2 Å². The van der Waals surface area contributed by atoms with Gasteiger partial charge in [0, 0.05) is 6.54 Å². The van der Waals surface area contributed by atoms with Crippen molar-refractivity contribution in [3.63, 3.8) is 0 Å². The Balaban J connectivity index is 1.82. The molecular weight excluding hydrogens is 304 g/mol. The highest BCUT2D eigenvalue weighted by atomic mass is 16.3. The van der Waals surface area contributed by atoms with Gasteiger partial charge >= 0.3 is 0 Å². The number of amides is 1. The molecule has 0 heterocycles. The standard InChI is InChI=1S/C19H22N2O3/c1-21(12-16-5-3-2-4-6-16)13-19(24)20-17(14-22)11-15-7-9-18(23)10-8-15/h2-10,14,17,23H,11-13H2,1H3,(H,20,24)/t17-/m1/s1. The van der Waals surface area contributed by atoms with Crippen LogP contribution in [0.3, 0.4) is 0 Å². The first-order valence-electron chi connectivity index (χ1n) is 7.82. The van der Waals surface area contributed by atoms with Crippen molar-refractivity contribution >= 4 is 12.2 Å². The molecule has 0 aliphatic rings. The van der Waals surface area contributed by atoms with E-state index in [-0.39, 0.29) is 18.2 Å². The van der Waals surface area contributed by atoms with Crippen LogP contribution < -0.4 is 5.32 Å². The zero-order valence-corrected chi connectivity index (χ0v) is 13.7. The van der Waals surface area contributed by atoms with Gasteiger partial charge in [-0.2, -0.15) is 0 Å². The van der Waals surface area contributed by atoms with Crippen LogP contribution in [-0.2, 0) is 22.6 Å². The molecule has 24 heavy (non-hydrogen) atoms. The van der Waals surface area contributed by atoms with Crippen LogP contribution in [0.1, 0.15) is 11.1 Å². The summed E-state index contributed by atoms with van der Waals surface area (Å²) in [5, 5.41) is 12.0. The minimum Gasteiger partial charge on any atom is -0.508 e. The molecule has 0 spiro atoms. The highest BCUT2D eigenvalue weighted by Crippen LogP contribution is 2.11. The maximum atomic E-state index is 12.1. The molecule has 0 radical (unpaired) electrons. The van der Waals surface area contributed by atoms with Crippen molar-refractivity contribution in [1.29, 1.82) is 0 Å². The summed E-state index contributed by atoms with van der Waals surface area (Å²) in [6, 6.07) is 15.9. The second-order valence-electron chi connectivity index (χ2n) is 5.84. The fraction of sp³-hybridized carbons (Fsp3) is 0.263. The Bertz CT molecular complexity index is 656. The van der Waals surface area contributed by atoms with E-state index in [2.05, 4.69) is 5.32 Å². The van der Waals surface area contributed by atoms with Gasteiger partial charge in [-0.1, -0.05) is 42.5 Å². The first kappa shape index (κ1) is 17.7. The lowest BCUT2D eigenvalue weighted by molar-refractivity contribution is -0.124. The topological polar surface area (TPSA) is 69.6 Å². The maximum Gasteiger partial charge on any atom is 0.234 e. The van der Waals surface area contributed by atoms with Crippen LogP contribution in [0.5, 0.6) is 5.75 Å². The first-order valence-corrected chi connectivity index (χ1v) is 7.82. The van der Waals surface area contributed by atoms with E-state index in [1.165, 1.54) is 0 Å². The van der Waals surface area contributed by atoms with Crippen LogP contribution in [0, 0.1) is 0 Å². The molecule has 0 aliphatic carbocycles. The molecule has 0 fully saturated rings. The number of rotatable bonds is 8. The number of carbonyl (C=O) groups is 2. The summed E-state index contributed by atoms with van der Waals surface area (Å²) < 4.78 is 0. The predicted molar refractivity (Wildman–Crippen MR) is 92.6 cm³/mol. The average molecular weight is 326 g/mol. The van der Waals surface area contributed by atoms with E-state index in [1.807, 2.05) is 42.3 Å². The van der Waals surface area contributed by atoms with Gasteiger partial charge < -0.3 is 15.2 Å². The maximum absolute atomic E-state index is 12.1. The normalized spacial score (nSPS) is 11.9. The van der Waals surface area contributed by atoms with Crippen LogP contribution in [0.25, 0.3) is 0 Å². The number of phenols is 1. The number of likely N-dealkylation sites (N-methyl/N-ethyl adjacent to an activating group) is 1. The molecule has 0 unspecified atom stereocenters. The number of aromatic hydroxyl groups is 1. The number of aldehydes is 1. The van der Waals surface area contributed by atoms with Gasteiger partial charge in [-0.15, -0.1) is 0 Å². The van der Waals surface area contributed by atoms with E-state index in [0.717, 1.165) is 17.4 Å². The quantitative estimate of drug-likeness (QED) is 0.725. The van der Waals surface area contributed by atoms with Gasteiger partial charge in [-0.05, 0) is 36.7 Å². The van der Waals surface area contributed by atoms with E-state index in [0.29, 0.717) is 13.0 Å². The van der Waals surface area contributed by atoms with Crippen molar-refractivity contribution in [2.45, 2.75) is 19.0 Å². The summed E-state index contributed by atoms with van der Waals surface area (Å²) in [5.74, 6) is -0.0164. The molecule has 0 saturated carbocycles. The molecule has 2 rings (SSSR count). The monoisotopic (exact) mass is 326 g/mol. The highest BCUT2D eigenvalue weighted by Gasteiger charge is 2.14. The highest BCUT2D eigenvalue weighted by molar-refractivity contribution is 5.81. The van der Waals surface area contributed by atoms with E-state index in [9.17, 15) is 14.7 Å². The molecule has 0 aromatic heterocycles. The van der Waals surface area contributed by atoms with Gasteiger partial charge in [0.2, 0.25) is 5.91 Å². The predicted octanol–water partition coefficient (Wildman–Crippen LogP) is 1.75. The minimum absolute atomic E-state index is 0.174. The average Bonchev–Trinajstić information content (AvgIpc) is 2.57. The van der Waals surface area contributed by atoms with E-state index in [1.54, 1.807) is 24.3 Å². The zero-order valence-electron chi connectivity index (χ0n) is 13.7. The Labute approximate surface area is 141 Å². The Hall–Kier alpha value is -2.66. The lowest BCUT2D eigenvalue weighted by atomic mass is 10.1. The van der Waals surface area contributed by atoms with Gasteiger partial charge in [0.05, 0.1) is 12.6 Å². The summed E-state index contributed by atoms with van der Waals surface area (Å²) in [5.41, 5.74) is 2.01. The molecule has 0 aliphatic heterocycles. The summed E-state index contributed by atoms with van der Waals surface area (Å²) in [7, 11) is 1.86. The van der Waals surface area contributed by atoms with Gasteiger partial charge in [-0.25, -0.2) is 0 Å². The lowest BCUT2D eigenvalue weighted by Crippen LogP contribution is -2.42. The number of carbonyl (C=O) groups excluding carboxylic acids is 2. The second kappa shape index (κ2) is 8.84. The largest absolute Gasteiger partial charge is 0.508 e. The number of hydrogen-bond donors (Lipinski definition) is 2. The number of nitrogens with zero attached hydrogens (tertiary/aromatic N) is 1. The van der Waals surface area contributed by atoms with Crippen LogP contribution >= 0.6 is 0 Å². The van der Waals surface area contributed by atoms with Crippen molar-refractivity contribution < 1.29 is 14.7 Å². The van der Waals surface area contributed by atoms with Gasteiger partial charge in [0.1, 0.15) is 12.0 Å². The molecule has 2 aromatic carbocycles. The minimum atomic E-state index is -0.577. The van der Waals surface area contributed by atoms with Crippen LogP contribution in [0.4, 0.5) is 0 Å². The molecule has 2 N–H and O–H groups in total. The fourth-order valence-electron chi connectivity index (χ4n) is 2.47. The Morgan fingerprint density at radius 1 is 1.12 bits per heavy atom. The smallest absolute Gasteiger partial charge is 0.234 e. The van der Waals surface area contributed by atoms with Crippen LogP contribution in [0.15, 0.2) is 54.6 Å². The van der Waals surface area contributed by atoms with E-state index >= 15 is 0 Å². The molecule has 1 atom stereocenters. The van der Waals surface area contributed by atoms with E-state index in [4.69, 9.17) is 0 Å². The molecule has 0 bridgehead atoms. The summed E-state index contributed by atoms with van der Waals surface area (Å²) in [4.78, 5) is 25.2. The Morgan fingerprint density at radius 2 is 1.79 bits per heavy atom. The van der Waals surface area contributed by atoms with Gasteiger partial charge in [-0.3, -0.25) is 9.69 Å². The lowest BCUT2D eigenvalue weighted by Gasteiger charge is -2.18. The molecule has 1 amide bonds. The third kappa shape index (κ3) is 5.85. The third-order valence-corrected chi connectivity index (χ3v) is 3.61. The van der Waals surface area contributed by atoms with Crippen LogP contribution in [0.2, 0.25) is 0 Å². The van der Waals surface area contributed by atoms with Gasteiger partial charge in [0.25, 0.3) is 0 Å². The molecule has 126 valence electrons. The van der Waals surface area contributed by atoms with Crippen molar-refractivity contribution in [2.75, 3.05) is 13.6 Å². The van der Waals surface area contributed by atoms with Crippen molar-refractivity contribution in [2.24, 2.45) is 0 Å². The van der Waals surface area contributed by atoms with Crippen molar-refractivity contribution in [3.8, 4) is 5.75 Å². The molecule has 0 saturated heterocycles. The van der Waals surface area contributed by atoms with Gasteiger partial charge in [0.15, 0.2) is 0 Å². The SMILES string of the molecule is CN(CC(=O)N[C@@H](C=O)Cc1ccc(O)cc1)Cc1ccccc1. The fourth-order valence-corrected chi connectivity index (χ4v) is 2.47. The van der Waals surface area contributed by atoms with E-state index < -0.39 is 6.04 Å².